The van der Waals surface area contributed by atoms with Crippen molar-refractivity contribution in [2.45, 2.75) is 102 Å². The van der Waals surface area contributed by atoms with E-state index in [1.54, 1.807) is 12.1 Å². The van der Waals surface area contributed by atoms with Crippen molar-refractivity contribution in [1.29, 1.82) is 0 Å². The topological polar surface area (TPSA) is 122 Å². The maximum atomic E-state index is 13.2. The highest BCUT2D eigenvalue weighted by Gasteiger charge is 2.31. The zero-order valence-electron chi connectivity index (χ0n) is 21.9. The van der Waals surface area contributed by atoms with E-state index in [1.165, 1.54) is 50.7 Å². The largest absolute Gasteiger partial charge is 0.354 e. The van der Waals surface area contributed by atoms with Gasteiger partial charge in [0.05, 0.1) is 17.0 Å². The molecule has 2 aliphatic carbocycles. The molecular weight excluding hydrogens is 476 g/mol. The van der Waals surface area contributed by atoms with Crippen molar-refractivity contribution in [3.8, 4) is 0 Å². The molecule has 3 rings (SSSR count). The number of hydrogen-bond donors (Lipinski definition) is 3. The second kappa shape index (κ2) is 13.5. The minimum Gasteiger partial charge on any atom is -0.354 e. The molecule has 2 amide bonds. The van der Waals surface area contributed by atoms with E-state index in [4.69, 9.17) is 5.14 Å². The van der Waals surface area contributed by atoms with Crippen molar-refractivity contribution in [1.82, 2.24) is 15.5 Å². The molecule has 2 fully saturated rings. The summed E-state index contributed by atoms with van der Waals surface area (Å²) >= 11 is 0. The summed E-state index contributed by atoms with van der Waals surface area (Å²) in [4.78, 5) is 28.2. The Morgan fingerprint density at radius 1 is 0.833 bits per heavy atom. The van der Waals surface area contributed by atoms with Gasteiger partial charge in [-0.1, -0.05) is 50.7 Å². The Morgan fingerprint density at radius 2 is 1.25 bits per heavy atom. The van der Waals surface area contributed by atoms with Crippen LogP contribution in [-0.2, 0) is 26.2 Å². The number of sulfonamides is 1. The molecule has 0 aromatic heterocycles. The quantitative estimate of drug-likeness (QED) is 0.413. The highest BCUT2D eigenvalue weighted by molar-refractivity contribution is 7.89. The minimum absolute atomic E-state index is 0.0364. The monoisotopic (exact) mass is 520 g/mol. The molecule has 2 atom stereocenters. The number of benzene rings is 1. The fourth-order valence-electron chi connectivity index (χ4n) is 5.47. The zero-order valence-corrected chi connectivity index (χ0v) is 22.7. The molecule has 0 radical (unpaired) electrons. The third-order valence-corrected chi connectivity index (χ3v) is 8.88. The lowest BCUT2D eigenvalue weighted by Crippen LogP contribution is -2.54. The molecule has 202 valence electrons. The molecule has 36 heavy (non-hydrogen) atoms. The number of hydrogen-bond acceptors (Lipinski definition) is 5. The normalized spacial score (nSPS) is 19.6. The molecule has 2 saturated carbocycles. The Kier molecular flexibility index (Phi) is 10.8. The highest BCUT2D eigenvalue weighted by Crippen LogP contribution is 2.24. The first-order chi connectivity index (χ1) is 17.1. The van der Waals surface area contributed by atoms with Gasteiger partial charge in [0.25, 0.3) is 0 Å². The molecule has 1 aromatic carbocycles. The smallest absolute Gasteiger partial charge is 0.238 e. The van der Waals surface area contributed by atoms with Crippen molar-refractivity contribution in [2.24, 2.45) is 17.0 Å². The van der Waals surface area contributed by atoms with E-state index >= 15 is 0 Å². The van der Waals surface area contributed by atoms with Crippen molar-refractivity contribution < 1.29 is 18.0 Å². The standard InChI is InChI=1S/C27H44N4O4S/c1-20(26(32)29-17-22-9-5-3-6-10-22)31(19-24-13-15-25(16-14-24)36(28,34)35)21(2)27(33)30-18-23-11-7-4-8-12-23/h13-16,20-23H,3-12,17-19H2,1-2H3,(H,29,32)(H,30,33)(H2,28,34,35)/t20-,21+. The molecule has 1 aromatic rings. The number of primary sulfonamides is 1. The fourth-order valence-corrected chi connectivity index (χ4v) is 5.99. The van der Waals surface area contributed by atoms with E-state index in [2.05, 4.69) is 10.6 Å². The number of nitrogens with zero attached hydrogens (tertiary/aromatic N) is 1. The molecular formula is C27H44N4O4S. The molecule has 0 aliphatic heterocycles. The van der Waals surface area contributed by atoms with E-state index in [0.717, 1.165) is 31.2 Å². The van der Waals surface area contributed by atoms with Crippen LogP contribution in [0.4, 0.5) is 0 Å². The van der Waals surface area contributed by atoms with Crippen LogP contribution < -0.4 is 15.8 Å². The summed E-state index contributed by atoms with van der Waals surface area (Å²) in [7, 11) is -3.79. The number of nitrogens with two attached hydrogens (primary N) is 1. The maximum absolute atomic E-state index is 13.2. The van der Waals surface area contributed by atoms with Gasteiger partial charge in [-0.2, -0.15) is 0 Å². The van der Waals surface area contributed by atoms with Gasteiger partial charge in [0.1, 0.15) is 0 Å². The van der Waals surface area contributed by atoms with E-state index in [-0.39, 0.29) is 16.7 Å². The average molecular weight is 521 g/mol. The van der Waals surface area contributed by atoms with Gasteiger partial charge in [0.15, 0.2) is 0 Å². The average Bonchev–Trinajstić information content (AvgIpc) is 2.89. The van der Waals surface area contributed by atoms with Gasteiger partial charge in [0.2, 0.25) is 21.8 Å². The Labute approximate surface area is 216 Å². The van der Waals surface area contributed by atoms with Crippen LogP contribution >= 0.6 is 0 Å². The van der Waals surface area contributed by atoms with Crippen LogP contribution in [0.5, 0.6) is 0 Å². The first kappa shape index (κ1) is 28.6. The SMILES string of the molecule is C[C@H](C(=O)NCC1CCCCC1)N(Cc1ccc(S(N)(=O)=O)cc1)[C@@H](C)C(=O)NCC1CCCCC1. The molecule has 2 aliphatic rings. The van der Waals surface area contributed by atoms with Gasteiger partial charge in [-0.15, -0.1) is 0 Å². The molecule has 9 heteroatoms. The molecule has 0 saturated heterocycles. The van der Waals surface area contributed by atoms with Crippen molar-refractivity contribution in [3.63, 3.8) is 0 Å². The summed E-state index contributed by atoms with van der Waals surface area (Å²) in [6.45, 7) is 5.34. The first-order valence-corrected chi connectivity index (χ1v) is 15.1. The van der Waals surface area contributed by atoms with E-state index in [9.17, 15) is 18.0 Å². The molecule has 0 spiro atoms. The molecule has 0 heterocycles. The summed E-state index contributed by atoms with van der Waals surface area (Å²) in [6, 6.07) is 5.25. The van der Waals surface area contributed by atoms with E-state index in [0.29, 0.717) is 31.5 Å². The Bertz CT molecular complexity index is 914. The lowest BCUT2D eigenvalue weighted by atomic mass is 9.89. The minimum atomic E-state index is -3.79. The number of rotatable bonds is 11. The third kappa shape index (κ3) is 8.56. The van der Waals surface area contributed by atoms with Gasteiger partial charge in [0, 0.05) is 19.6 Å². The van der Waals surface area contributed by atoms with Gasteiger partial charge < -0.3 is 10.6 Å². The summed E-state index contributed by atoms with van der Waals surface area (Å²) in [6.07, 6.45) is 12.0. The Hall–Kier alpha value is -1.97. The van der Waals surface area contributed by atoms with Gasteiger partial charge >= 0.3 is 0 Å². The molecule has 0 bridgehead atoms. The molecule has 8 nitrogen and oxygen atoms in total. The van der Waals surface area contributed by atoms with E-state index in [1.807, 2.05) is 18.7 Å². The lowest BCUT2D eigenvalue weighted by molar-refractivity contribution is -0.132. The van der Waals surface area contributed by atoms with Crippen LogP contribution in [0.1, 0.15) is 83.6 Å². The predicted molar refractivity (Wildman–Crippen MR) is 141 cm³/mol. The number of carbonyl (C=O) groups is 2. The van der Waals surface area contributed by atoms with Crippen LogP contribution in [-0.4, -0.2) is 50.3 Å². The zero-order chi connectivity index (χ0) is 26.1. The maximum Gasteiger partial charge on any atom is 0.238 e. The number of carbonyl (C=O) groups excluding carboxylic acids is 2. The fraction of sp³-hybridized carbons (Fsp3) is 0.704. The van der Waals surface area contributed by atoms with Crippen LogP contribution in [0.25, 0.3) is 0 Å². The second-order valence-corrected chi connectivity index (χ2v) is 12.3. The highest BCUT2D eigenvalue weighted by atomic mass is 32.2. The second-order valence-electron chi connectivity index (χ2n) is 10.7. The van der Waals surface area contributed by atoms with E-state index < -0.39 is 22.1 Å². The first-order valence-electron chi connectivity index (χ1n) is 13.6. The lowest BCUT2D eigenvalue weighted by Gasteiger charge is -2.34. The summed E-state index contributed by atoms with van der Waals surface area (Å²) in [5.41, 5.74) is 0.807. The van der Waals surface area contributed by atoms with Gasteiger partial charge in [-0.3, -0.25) is 14.5 Å². The summed E-state index contributed by atoms with van der Waals surface area (Å²) < 4.78 is 23.3. The number of nitrogens with one attached hydrogen (secondary N) is 2. The van der Waals surface area contributed by atoms with Crippen LogP contribution in [0.2, 0.25) is 0 Å². The van der Waals surface area contributed by atoms with Crippen LogP contribution in [0.3, 0.4) is 0 Å². The number of amides is 2. The van der Waals surface area contributed by atoms with Crippen LogP contribution in [0.15, 0.2) is 29.2 Å². The third-order valence-electron chi connectivity index (χ3n) is 7.95. The van der Waals surface area contributed by atoms with Gasteiger partial charge in [-0.05, 0) is 69.1 Å². The Balaban J connectivity index is 1.68. The Morgan fingerprint density at radius 3 is 1.64 bits per heavy atom. The van der Waals surface area contributed by atoms with Gasteiger partial charge in [-0.25, -0.2) is 13.6 Å². The van der Waals surface area contributed by atoms with Crippen molar-refractivity contribution in [3.05, 3.63) is 29.8 Å². The van der Waals surface area contributed by atoms with Crippen molar-refractivity contribution in [2.75, 3.05) is 13.1 Å². The predicted octanol–water partition coefficient (Wildman–Crippen LogP) is 3.31. The van der Waals surface area contributed by atoms with Crippen LogP contribution in [0, 0.1) is 11.8 Å². The molecule has 4 N–H and O–H groups in total. The molecule has 0 unspecified atom stereocenters. The summed E-state index contributed by atoms with van der Waals surface area (Å²) in [5.74, 6) is 0.859. The van der Waals surface area contributed by atoms with Crippen molar-refractivity contribution >= 4 is 21.8 Å². The summed E-state index contributed by atoms with van der Waals surface area (Å²) in [5, 5.41) is 11.5.